The van der Waals surface area contributed by atoms with Gasteiger partial charge in [-0.1, -0.05) is 32.3 Å². The molecular formula is C9H19N. The number of rotatable bonds is 6. The first-order valence-corrected chi connectivity index (χ1v) is 4.24. The van der Waals surface area contributed by atoms with Crippen LogP contribution in [0.4, 0.5) is 0 Å². The maximum Gasteiger partial charge on any atom is 0.00276 e. The highest BCUT2D eigenvalue weighted by Gasteiger charge is 1.82. The van der Waals surface area contributed by atoms with Crippen LogP contribution in [0, 0.1) is 0 Å². The predicted octanol–water partition coefficient (Wildman–Crippen LogP) is 2.69. The lowest BCUT2D eigenvalue weighted by Crippen LogP contribution is -1.90. The summed E-state index contributed by atoms with van der Waals surface area (Å²) in [6.07, 6.45) is 10.8. The summed E-state index contributed by atoms with van der Waals surface area (Å²) in [4.78, 5) is 0. The summed E-state index contributed by atoms with van der Waals surface area (Å²) in [6, 6.07) is 0. The van der Waals surface area contributed by atoms with E-state index in [9.17, 15) is 0 Å². The lowest BCUT2D eigenvalue weighted by Gasteiger charge is -1.93. The minimum absolute atomic E-state index is 1.22. The Morgan fingerprint density at radius 2 is 2.00 bits per heavy atom. The van der Waals surface area contributed by atoms with Gasteiger partial charge in [-0.25, -0.2) is 0 Å². The van der Waals surface area contributed by atoms with Crippen molar-refractivity contribution in [2.45, 2.75) is 39.0 Å². The van der Waals surface area contributed by atoms with Crippen molar-refractivity contribution in [3.63, 3.8) is 0 Å². The minimum atomic E-state index is 1.22. The van der Waals surface area contributed by atoms with Crippen LogP contribution < -0.4 is 5.32 Å². The monoisotopic (exact) mass is 141 g/mol. The maximum absolute atomic E-state index is 2.98. The van der Waals surface area contributed by atoms with Gasteiger partial charge < -0.3 is 5.32 Å². The molecule has 0 rings (SSSR count). The molecule has 0 saturated heterocycles. The molecule has 0 aromatic heterocycles. The summed E-state index contributed by atoms with van der Waals surface area (Å²) in [5.74, 6) is 0. The van der Waals surface area contributed by atoms with Gasteiger partial charge in [0.15, 0.2) is 0 Å². The molecule has 0 bridgehead atoms. The van der Waals surface area contributed by atoms with Gasteiger partial charge in [-0.3, -0.25) is 0 Å². The molecule has 0 unspecified atom stereocenters. The van der Waals surface area contributed by atoms with Gasteiger partial charge in [0.2, 0.25) is 0 Å². The van der Waals surface area contributed by atoms with Crippen LogP contribution in [0.3, 0.4) is 0 Å². The molecule has 1 N–H and O–H groups in total. The normalized spacial score (nSPS) is 10.6. The molecule has 1 nitrogen and oxygen atoms in total. The standard InChI is InChI=1S/C9H19N/c1-3-4-5-6-7-8-9-10-2/h8-10H,3-7H2,1-2H3. The smallest absolute Gasteiger partial charge is 0.00276 e. The molecule has 0 aliphatic heterocycles. The van der Waals surface area contributed by atoms with Gasteiger partial charge in [-0.2, -0.15) is 0 Å². The van der Waals surface area contributed by atoms with Crippen LogP contribution in [-0.4, -0.2) is 7.05 Å². The van der Waals surface area contributed by atoms with E-state index in [1.807, 2.05) is 13.2 Å². The highest BCUT2D eigenvalue weighted by Crippen LogP contribution is 2.01. The molecule has 0 atom stereocenters. The summed E-state index contributed by atoms with van der Waals surface area (Å²) in [7, 11) is 1.93. The third-order valence-corrected chi connectivity index (χ3v) is 1.51. The molecule has 0 fully saturated rings. The summed E-state index contributed by atoms with van der Waals surface area (Å²) in [5, 5.41) is 2.98. The van der Waals surface area contributed by atoms with Gasteiger partial charge >= 0.3 is 0 Å². The molecule has 0 aliphatic carbocycles. The van der Waals surface area contributed by atoms with Crippen LogP contribution in [-0.2, 0) is 0 Å². The van der Waals surface area contributed by atoms with E-state index in [1.165, 1.54) is 32.1 Å². The van der Waals surface area contributed by atoms with Gasteiger partial charge in [0.25, 0.3) is 0 Å². The Hall–Kier alpha value is -0.460. The second-order valence-electron chi connectivity index (χ2n) is 2.54. The van der Waals surface area contributed by atoms with E-state index in [4.69, 9.17) is 0 Å². The quantitative estimate of drug-likeness (QED) is 0.561. The molecule has 0 radical (unpaired) electrons. The SMILES string of the molecule is CCCCCCC=CNC. The van der Waals surface area contributed by atoms with Crippen molar-refractivity contribution < 1.29 is 0 Å². The van der Waals surface area contributed by atoms with Crippen molar-refractivity contribution >= 4 is 0 Å². The molecule has 0 aromatic carbocycles. The van der Waals surface area contributed by atoms with Gasteiger partial charge in [0.05, 0.1) is 0 Å². The minimum Gasteiger partial charge on any atom is -0.394 e. The third-order valence-electron chi connectivity index (χ3n) is 1.51. The lowest BCUT2D eigenvalue weighted by molar-refractivity contribution is 0.673. The van der Waals surface area contributed by atoms with Gasteiger partial charge in [-0.15, -0.1) is 0 Å². The van der Waals surface area contributed by atoms with Crippen LogP contribution in [0.5, 0.6) is 0 Å². The molecule has 0 aromatic rings. The van der Waals surface area contributed by atoms with Crippen LogP contribution in [0.25, 0.3) is 0 Å². The molecule has 0 saturated carbocycles. The average molecular weight is 141 g/mol. The Labute approximate surface area is 64.5 Å². The third kappa shape index (κ3) is 7.54. The Balaban J connectivity index is 2.83. The van der Waals surface area contributed by atoms with E-state index >= 15 is 0 Å². The van der Waals surface area contributed by atoms with E-state index in [1.54, 1.807) is 0 Å². The number of nitrogens with one attached hydrogen (secondary N) is 1. The summed E-state index contributed by atoms with van der Waals surface area (Å²) in [5.41, 5.74) is 0. The van der Waals surface area contributed by atoms with Gasteiger partial charge in [0, 0.05) is 7.05 Å². The van der Waals surface area contributed by atoms with Crippen molar-refractivity contribution in [1.29, 1.82) is 0 Å². The number of hydrogen-bond acceptors (Lipinski definition) is 1. The van der Waals surface area contributed by atoms with Crippen molar-refractivity contribution in [1.82, 2.24) is 5.32 Å². The first-order valence-electron chi connectivity index (χ1n) is 4.24. The lowest BCUT2D eigenvalue weighted by atomic mass is 10.1. The summed E-state index contributed by atoms with van der Waals surface area (Å²) in [6.45, 7) is 2.24. The van der Waals surface area contributed by atoms with Crippen molar-refractivity contribution in [3.05, 3.63) is 12.3 Å². The zero-order valence-corrected chi connectivity index (χ0v) is 7.19. The summed E-state index contributed by atoms with van der Waals surface area (Å²) < 4.78 is 0. The average Bonchev–Trinajstić information content (AvgIpc) is 1.97. The van der Waals surface area contributed by atoms with Crippen molar-refractivity contribution in [2.75, 3.05) is 7.05 Å². The number of allylic oxidation sites excluding steroid dienone is 1. The van der Waals surface area contributed by atoms with Crippen LogP contribution in [0.15, 0.2) is 12.3 Å². The van der Waals surface area contributed by atoms with Crippen LogP contribution in [0.2, 0.25) is 0 Å². The summed E-state index contributed by atoms with van der Waals surface area (Å²) >= 11 is 0. The molecule has 1 heteroatoms. The highest BCUT2D eigenvalue weighted by molar-refractivity contribution is 4.77. The highest BCUT2D eigenvalue weighted by atomic mass is 14.8. The van der Waals surface area contributed by atoms with Crippen LogP contribution >= 0.6 is 0 Å². The first kappa shape index (κ1) is 9.54. The van der Waals surface area contributed by atoms with E-state index < -0.39 is 0 Å². The second-order valence-corrected chi connectivity index (χ2v) is 2.54. The second kappa shape index (κ2) is 8.54. The van der Waals surface area contributed by atoms with E-state index in [-0.39, 0.29) is 0 Å². The Bertz CT molecular complexity index is 76.8. The van der Waals surface area contributed by atoms with Gasteiger partial charge in [-0.05, 0) is 19.0 Å². The Morgan fingerprint density at radius 1 is 1.20 bits per heavy atom. The van der Waals surface area contributed by atoms with Crippen molar-refractivity contribution in [2.24, 2.45) is 0 Å². The van der Waals surface area contributed by atoms with Crippen LogP contribution in [0.1, 0.15) is 39.0 Å². The topological polar surface area (TPSA) is 12.0 Å². The number of unbranched alkanes of at least 4 members (excludes halogenated alkanes) is 4. The Kier molecular flexibility index (Phi) is 8.15. The molecule has 0 spiro atoms. The van der Waals surface area contributed by atoms with Crippen molar-refractivity contribution in [3.8, 4) is 0 Å². The fraction of sp³-hybridized carbons (Fsp3) is 0.778. The molecule has 0 aliphatic rings. The largest absolute Gasteiger partial charge is 0.394 e. The first-order chi connectivity index (χ1) is 4.91. The zero-order chi connectivity index (χ0) is 7.66. The maximum atomic E-state index is 2.98. The van der Waals surface area contributed by atoms with Gasteiger partial charge in [0.1, 0.15) is 0 Å². The fourth-order valence-corrected chi connectivity index (χ4v) is 0.890. The molecule has 60 valence electrons. The molecule has 0 heterocycles. The van der Waals surface area contributed by atoms with E-state index in [0.717, 1.165) is 0 Å². The number of hydrogen-bond donors (Lipinski definition) is 1. The Morgan fingerprint density at radius 3 is 2.60 bits per heavy atom. The molecule has 0 amide bonds. The molecule has 10 heavy (non-hydrogen) atoms. The molecular weight excluding hydrogens is 122 g/mol. The predicted molar refractivity (Wildman–Crippen MR) is 47.0 cm³/mol. The van der Waals surface area contributed by atoms with E-state index in [0.29, 0.717) is 0 Å². The fourth-order valence-electron chi connectivity index (χ4n) is 0.890. The zero-order valence-electron chi connectivity index (χ0n) is 7.19. The van der Waals surface area contributed by atoms with E-state index in [2.05, 4.69) is 18.3 Å².